The smallest absolute Gasteiger partial charge is 0.0370 e. The number of benzene rings is 1. The van der Waals surface area contributed by atoms with Crippen molar-refractivity contribution in [1.82, 2.24) is 0 Å². The van der Waals surface area contributed by atoms with E-state index in [-0.39, 0.29) is 5.04 Å². The molecule has 0 fully saturated rings. The molecule has 0 saturated heterocycles. The second-order valence-electron chi connectivity index (χ2n) is 3.99. The van der Waals surface area contributed by atoms with Crippen LogP contribution in [0.25, 0.3) is 5.57 Å². The Morgan fingerprint density at radius 1 is 1.38 bits per heavy atom. The van der Waals surface area contributed by atoms with E-state index in [0.717, 1.165) is 5.57 Å². The van der Waals surface area contributed by atoms with Gasteiger partial charge in [-0.1, -0.05) is 50.3 Å². The van der Waals surface area contributed by atoms with Crippen LogP contribution in [0.4, 0.5) is 0 Å². The first kappa shape index (κ1) is 10.3. The van der Waals surface area contributed by atoms with Gasteiger partial charge in [-0.05, 0) is 23.1 Å². The van der Waals surface area contributed by atoms with Gasteiger partial charge >= 0.3 is 0 Å². The lowest BCUT2D eigenvalue weighted by Crippen LogP contribution is -2.16. The van der Waals surface area contributed by atoms with Crippen molar-refractivity contribution in [2.45, 2.75) is 25.8 Å². The third-order valence-corrected chi connectivity index (χ3v) is 2.37. The van der Waals surface area contributed by atoms with Gasteiger partial charge in [0.05, 0.1) is 0 Å². The molecule has 13 heavy (non-hydrogen) atoms. The van der Waals surface area contributed by atoms with Gasteiger partial charge in [0.15, 0.2) is 0 Å². The van der Waals surface area contributed by atoms with E-state index in [1.54, 1.807) is 0 Å². The SMILES string of the molecule is C=C(C)c1cccc(C(C)(C)[Si])c1. The van der Waals surface area contributed by atoms with E-state index in [1.165, 1.54) is 11.1 Å². The van der Waals surface area contributed by atoms with E-state index in [4.69, 9.17) is 0 Å². The summed E-state index contributed by atoms with van der Waals surface area (Å²) in [5, 5.41) is 0.0332. The number of allylic oxidation sites excluding steroid dienone is 1. The van der Waals surface area contributed by atoms with Crippen molar-refractivity contribution in [2.24, 2.45) is 0 Å². The Bertz CT molecular complexity index is 318. The van der Waals surface area contributed by atoms with Crippen LogP contribution in [-0.4, -0.2) is 10.2 Å². The maximum atomic E-state index is 3.93. The molecule has 0 aliphatic heterocycles. The second kappa shape index (κ2) is 3.50. The lowest BCUT2D eigenvalue weighted by molar-refractivity contribution is 0.764. The predicted molar refractivity (Wildman–Crippen MR) is 59.9 cm³/mol. The molecule has 0 unspecified atom stereocenters. The molecular weight excluding hydrogens is 172 g/mol. The highest BCUT2D eigenvalue weighted by molar-refractivity contribution is 6.15. The quantitative estimate of drug-likeness (QED) is 0.624. The van der Waals surface area contributed by atoms with Crippen LogP contribution >= 0.6 is 0 Å². The third-order valence-electron chi connectivity index (χ3n) is 2.08. The molecule has 0 amide bonds. The summed E-state index contributed by atoms with van der Waals surface area (Å²) in [5.74, 6) is 0. The first-order valence-electron chi connectivity index (χ1n) is 4.42. The topological polar surface area (TPSA) is 0 Å². The molecule has 1 aromatic carbocycles. The molecule has 67 valence electrons. The Balaban J connectivity index is 3.13. The van der Waals surface area contributed by atoms with Crippen molar-refractivity contribution in [3.05, 3.63) is 42.0 Å². The van der Waals surface area contributed by atoms with Crippen LogP contribution in [0, 0.1) is 0 Å². The number of rotatable bonds is 2. The summed E-state index contributed by atoms with van der Waals surface area (Å²) in [5.41, 5.74) is 3.60. The summed E-state index contributed by atoms with van der Waals surface area (Å²) in [6.45, 7) is 10.2. The molecule has 0 saturated carbocycles. The average molecular weight is 187 g/mol. The Hall–Kier alpha value is -0.823. The zero-order chi connectivity index (χ0) is 10.1. The van der Waals surface area contributed by atoms with E-state index in [9.17, 15) is 0 Å². The van der Waals surface area contributed by atoms with Crippen molar-refractivity contribution < 1.29 is 0 Å². The van der Waals surface area contributed by atoms with Crippen LogP contribution in [0.3, 0.4) is 0 Å². The summed E-state index contributed by atoms with van der Waals surface area (Å²) in [6, 6.07) is 8.46. The molecule has 0 aliphatic rings. The van der Waals surface area contributed by atoms with Gasteiger partial charge in [0, 0.05) is 10.2 Å². The van der Waals surface area contributed by atoms with Crippen molar-refractivity contribution in [3.8, 4) is 0 Å². The summed E-state index contributed by atoms with van der Waals surface area (Å²) >= 11 is 0. The molecule has 1 rings (SSSR count). The minimum absolute atomic E-state index is 0.0332. The molecule has 0 bridgehead atoms. The minimum atomic E-state index is 0.0332. The first-order chi connectivity index (χ1) is 5.91. The summed E-state index contributed by atoms with van der Waals surface area (Å²) < 4.78 is 0. The van der Waals surface area contributed by atoms with E-state index >= 15 is 0 Å². The van der Waals surface area contributed by atoms with Gasteiger partial charge in [0.2, 0.25) is 0 Å². The fourth-order valence-electron chi connectivity index (χ4n) is 1.17. The van der Waals surface area contributed by atoms with Gasteiger partial charge < -0.3 is 0 Å². The van der Waals surface area contributed by atoms with Crippen LogP contribution in [-0.2, 0) is 5.04 Å². The van der Waals surface area contributed by atoms with Crippen molar-refractivity contribution in [2.75, 3.05) is 0 Å². The highest BCUT2D eigenvalue weighted by Gasteiger charge is 2.13. The van der Waals surface area contributed by atoms with E-state index in [2.05, 4.69) is 54.9 Å². The van der Waals surface area contributed by atoms with Crippen molar-refractivity contribution >= 4 is 15.8 Å². The van der Waals surface area contributed by atoms with Crippen LogP contribution in [0.5, 0.6) is 0 Å². The lowest BCUT2D eigenvalue weighted by atomic mass is 9.98. The Labute approximate surface area is 84.1 Å². The molecule has 0 atom stereocenters. The summed E-state index contributed by atoms with van der Waals surface area (Å²) in [4.78, 5) is 0. The molecule has 0 aliphatic carbocycles. The third kappa shape index (κ3) is 2.56. The zero-order valence-electron chi connectivity index (χ0n) is 8.52. The van der Waals surface area contributed by atoms with Crippen LogP contribution in [0.1, 0.15) is 31.9 Å². The Morgan fingerprint density at radius 2 is 2.00 bits per heavy atom. The second-order valence-corrected chi connectivity index (χ2v) is 5.24. The fraction of sp³-hybridized carbons (Fsp3) is 0.333. The van der Waals surface area contributed by atoms with Gasteiger partial charge in [0.1, 0.15) is 0 Å². The molecule has 0 spiro atoms. The maximum Gasteiger partial charge on any atom is 0.0370 e. The summed E-state index contributed by atoms with van der Waals surface area (Å²) in [6.07, 6.45) is 0. The lowest BCUT2D eigenvalue weighted by Gasteiger charge is -2.19. The monoisotopic (exact) mass is 187 g/mol. The van der Waals surface area contributed by atoms with E-state index in [1.807, 2.05) is 6.92 Å². The average Bonchev–Trinajstić information content (AvgIpc) is 2.03. The fourth-order valence-corrected chi connectivity index (χ4v) is 1.33. The van der Waals surface area contributed by atoms with Gasteiger partial charge in [0.25, 0.3) is 0 Å². The summed E-state index contributed by atoms with van der Waals surface area (Å²) in [7, 11) is 3.69. The molecule has 0 aromatic heterocycles. The number of hydrogen-bond donors (Lipinski definition) is 0. The van der Waals surface area contributed by atoms with Gasteiger partial charge in [-0.15, -0.1) is 0 Å². The molecule has 0 nitrogen and oxygen atoms in total. The zero-order valence-corrected chi connectivity index (χ0v) is 9.52. The predicted octanol–water partition coefficient (Wildman–Crippen LogP) is 3.12. The molecular formula is C12H15Si. The first-order valence-corrected chi connectivity index (χ1v) is 4.92. The van der Waals surface area contributed by atoms with E-state index in [0.29, 0.717) is 0 Å². The van der Waals surface area contributed by atoms with E-state index < -0.39 is 0 Å². The normalized spacial score (nSPS) is 11.4. The van der Waals surface area contributed by atoms with Gasteiger partial charge in [-0.3, -0.25) is 0 Å². The van der Waals surface area contributed by atoms with Crippen molar-refractivity contribution in [1.29, 1.82) is 0 Å². The van der Waals surface area contributed by atoms with Crippen LogP contribution in [0.15, 0.2) is 30.8 Å². The standard InChI is InChI=1S/C12H15Si/c1-9(2)10-6-5-7-11(8-10)12(3,4)13/h5-8H,1H2,2-4H3. The van der Waals surface area contributed by atoms with Crippen LogP contribution in [0.2, 0.25) is 0 Å². The van der Waals surface area contributed by atoms with Gasteiger partial charge in [-0.25, -0.2) is 0 Å². The van der Waals surface area contributed by atoms with Crippen molar-refractivity contribution in [3.63, 3.8) is 0 Å². The Morgan fingerprint density at radius 3 is 2.46 bits per heavy atom. The van der Waals surface area contributed by atoms with Gasteiger partial charge in [-0.2, -0.15) is 0 Å². The number of hydrogen-bond acceptors (Lipinski definition) is 0. The Kier molecular flexibility index (Phi) is 2.76. The molecule has 1 heteroatoms. The van der Waals surface area contributed by atoms with Crippen LogP contribution < -0.4 is 0 Å². The highest BCUT2D eigenvalue weighted by atomic mass is 28.1. The minimum Gasteiger partial charge on any atom is -0.0955 e. The molecule has 1 aromatic rings. The highest BCUT2D eigenvalue weighted by Crippen LogP contribution is 2.22. The maximum absolute atomic E-state index is 3.93. The molecule has 0 heterocycles. The molecule has 0 N–H and O–H groups in total. The largest absolute Gasteiger partial charge is 0.0955 e. The molecule has 3 radical (unpaired) electrons.